The van der Waals surface area contributed by atoms with E-state index in [9.17, 15) is 13.2 Å². The summed E-state index contributed by atoms with van der Waals surface area (Å²) in [6, 6.07) is -0.279. The van der Waals surface area contributed by atoms with E-state index in [1.165, 1.54) is 13.3 Å². The van der Waals surface area contributed by atoms with Crippen LogP contribution in [0.25, 0.3) is 0 Å². The molecular formula is C9H13F3N2OS. The minimum absolute atomic E-state index is 0.216. The molecule has 16 heavy (non-hydrogen) atoms. The summed E-state index contributed by atoms with van der Waals surface area (Å²) in [6.07, 6.45) is -3.35. The second-order valence-electron chi connectivity index (χ2n) is 3.27. The molecule has 7 heteroatoms. The standard InChI is InChI=1S/C9H13F3N2OS/c1-5(15-3)7(13-2)6-4-14-8(16-6)9(10,11)12/h4-5,7,13H,1-3H3. The lowest BCUT2D eigenvalue weighted by Crippen LogP contribution is -2.27. The molecular weight excluding hydrogens is 241 g/mol. The van der Waals surface area contributed by atoms with Crippen LogP contribution in [0.2, 0.25) is 0 Å². The Balaban J connectivity index is 2.91. The van der Waals surface area contributed by atoms with Gasteiger partial charge in [-0.3, -0.25) is 0 Å². The summed E-state index contributed by atoms with van der Waals surface area (Å²) < 4.78 is 42.1. The largest absolute Gasteiger partial charge is 0.443 e. The zero-order valence-corrected chi connectivity index (χ0v) is 9.95. The lowest BCUT2D eigenvalue weighted by molar-refractivity contribution is -0.137. The van der Waals surface area contributed by atoms with Crippen molar-refractivity contribution in [2.24, 2.45) is 0 Å². The summed E-state index contributed by atoms with van der Waals surface area (Å²) in [4.78, 5) is 3.89. The van der Waals surface area contributed by atoms with Crippen molar-refractivity contribution in [1.29, 1.82) is 0 Å². The molecule has 0 saturated heterocycles. The van der Waals surface area contributed by atoms with Crippen LogP contribution in [0, 0.1) is 0 Å². The monoisotopic (exact) mass is 254 g/mol. The summed E-state index contributed by atoms with van der Waals surface area (Å²) in [5, 5.41) is 2.08. The zero-order chi connectivity index (χ0) is 12.3. The maximum atomic E-state index is 12.3. The molecule has 0 spiro atoms. The highest BCUT2D eigenvalue weighted by atomic mass is 32.1. The minimum atomic E-state index is -4.38. The molecule has 0 aliphatic carbocycles. The summed E-state index contributed by atoms with van der Waals surface area (Å²) in [5.74, 6) is 0. The normalized spacial score (nSPS) is 16.1. The van der Waals surface area contributed by atoms with Crippen molar-refractivity contribution < 1.29 is 17.9 Å². The molecule has 0 aliphatic rings. The fourth-order valence-corrected chi connectivity index (χ4v) is 2.29. The predicted octanol–water partition coefficient (Wildman–Crippen LogP) is 2.46. The van der Waals surface area contributed by atoms with Crippen molar-refractivity contribution in [1.82, 2.24) is 10.3 Å². The predicted molar refractivity (Wildman–Crippen MR) is 55.4 cm³/mol. The summed E-state index contributed by atoms with van der Waals surface area (Å²) in [7, 11) is 3.19. The molecule has 1 heterocycles. The van der Waals surface area contributed by atoms with Gasteiger partial charge in [-0.05, 0) is 14.0 Å². The number of likely N-dealkylation sites (N-methyl/N-ethyl adjacent to an activating group) is 1. The van der Waals surface area contributed by atoms with Crippen molar-refractivity contribution in [3.8, 4) is 0 Å². The molecule has 92 valence electrons. The smallest absolute Gasteiger partial charge is 0.380 e. The third-order valence-corrected chi connectivity index (χ3v) is 3.35. The van der Waals surface area contributed by atoms with Crippen LogP contribution in [0.4, 0.5) is 13.2 Å². The van der Waals surface area contributed by atoms with Crippen LogP contribution >= 0.6 is 11.3 Å². The van der Waals surface area contributed by atoms with Crippen LogP contribution in [-0.4, -0.2) is 25.2 Å². The lowest BCUT2D eigenvalue weighted by Gasteiger charge is -2.20. The minimum Gasteiger partial charge on any atom is -0.380 e. The van der Waals surface area contributed by atoms with Gasteiger partial charge in [-0.15, -0.1) is 11.3 Å². The van der Waals surface area contributed by atoms with E-state index < -0.39 is 11.2 Å². The molecule has 1 rings (SSSR count). The molecule has 2 atom stereocenters. The van der Waals surface area contributed by atoms with E-state index in [0.29, 0.717) is 16.2 Å². The van der Waals surface area contributed by atoms with Gasteiger partial charge < -0.3 is 10.1 Å². The Bertz CT molecular complexity index is 340. The van der Waals surface area contributed by atoms with Gasteiger partial charge in [0.15, 0.2) is 5.01 Å². The van der Waals surface area contributed by atoms with Crippen molar-refractivity contribution in [3.63, 3.8) is 0 Å². The second-order valence-corrected chi connectivity index (χ2v) is 4.33. The Kier molecular flexibility index (Phi) is 4.28. The van der Waals surface area contributed by atoms with Crippen LogP contribution in [0.3, 0.4) is 0 Å². The van der Waals surface area contributed by atoms with E-state index >= 15 is 0 Å². The van der Waals surface area contributed by atoms with Crippen LogP contribution in [0.5, 0.6) is 0 Å². The summed E-state index contributed by atoms with van der Waals surface area (Å²) in [5.41, 5.74) is 0. The molecule has 1 N–H and O–H groups in total. The Morgan fingerprint density at radius 2 is 2.12 bits per heavy atom. The molecule has 0 fully saturated rings. The zero-order valence-electron chi connectivity index (χ0n) is 9.13. The number of rotatable bonds is 4. The average molecular weight is 254 g/mol. The molecule has 0 saturated carbocycles. The van der Waals surface area contributed by atoms with E-state index in [-0.39, 0.29) is 12.1 Å². The van der Waals surface area contributed by atoms with E-state index in [2.05, 4.69) is 10.3 Å². The highest BCUT2D eigenvalue weighted by Crippen LogP contribution is 2.35. The topological polar surface area (TPSA) is 34.2 Å². The van der Waals surface area contributed by atoms with E-state index in [4.69, 9.17) is 4.74 Å². The first kappa shape index (κ1) is 13.4. The lowest BCUT2D eigenvalue weighted by atomic mass is 10.1. The number of nitrogens with zero attached hydrogens (tertiary/aromatic N) is 1. The first-order valence-corrected chi connectivity index (χ1v) is 5.44. The van der Waals surface area contributed by atoms with Gasteiger partial charge in [-0.2, -0.15) is 13.2 Å². The number of ether oxygens (including phenoxy) is 1. The number of aromatic nitrogens is 1. The molecule has 0 bridgehead atoms. The molecule has 1 aromatic heterocycles. The maximum Gasteiger partial charge on any atom is 0.443 e. The molecule has 0 aliphatic heterocycles. The van der Waals surface area contributed by atoms with Crippen LogP contribution in [0.15, 0.2) is 6.20 Å². The fraction of sp³-hybridized carbons (Fsp3) is 0.667. The maximum absolute atomic E-state index is 12.3. The SMILES string of the molecule is CNC(c1cnc(C(F)(F)F)s1)C(C)OC. The molecule has 0 amide bonds. The van der Waals surface area contributed by atoms with E-state index in [1.807, 2.05) is 0 Å². The highest BCUT2D eigenvalue weighted by Gasteiger charge is 2.35. The quantitative estimate of drug-likeness (QED) is 0.896. The van der Waals surface area contributed by atoms with Crippen LogP contribution in [0.1, 0.15) is 22.9 Å². The number of thiazole rings is 1. The number of methoxy groups -OCH3 is 1. The average Bonchev–Trinajstić information content (AvgIpc) is 2.67. The summed E-state index contributed by atoms with van der Waals surface area (Å²) >= 11 is 0.638. The van der Waals surface area contributed by atoms with Gasteiger partial charge in [-0.1, -0.05) is 0 Å². The number of halogens is 3. The molecule has 3 nitrogen and oxygen atoms in total. The van der Waals surface area contributed by atoms with Gasteiger partial charge in [-0.25, -0.2) is 4.98 Å². The van der Waals surface area contributed by atoms with Gasteiger partial charge in [0.1, 0.15) is 0 Å². The first-order valence-electron chi connectivity index (χ1n) is 4.63. The van der Waals surface area contributed by atoms with Gasteiger partial charge >= 0.3 is 6.18 Å². The first-order chi connectivity index (χ1) is 7.40. The van der Waals surface area contributed by atoms with Gasteiger partial charge in [0, 0.05) is 18.2 Å². The third-order valence-electron chi connectivity index (χ3n) is 2.22. The summed E-state index contributed by atoms with van der Waals surface area (Å²) in [6.45, 7) is 1.79. The van der Waals surface area contributed by atoms with Crippen molar-refractivity contribution in [2.45, 2.75) is 25.2 Å². The number of hydrogen-bond acceptors (Lipinski definition) is 4. The Morgan fingerprint density at radius 3 is 2.50 bits per heavy atom. The van der Waals surface area contributed by atoms with Gasteiger partial charge in [0.2, 0.25) is 0 Å². The number of alkyl halides is 3. The van der Waals surface area contributed by atoms with Crippen LogP contribution in [-0.2, 0) is 10.9 Å². The molecule has 1 aromatic rings. The second kappa shape index (κ2) is 5.11. The Morgan fingerprint density at radius 1 is 1.50 bits per heavy atom. The molecule has 0 radical (unpaired) electrons. The Hall–Kier alpha value is -0.660. The highest BCUT2D eigenvalue weighted by molar-refractivity contribution is 7.11. The van der Waals surface area contributed by atoms with Crippen molar-refractivity contribution >= 4 is 11.3 Å². The van der Waals surface area contributed by atoms with Gasteiger partial charge in [0.05, 0.1) is 12.1 Å². The molecule has 2 unspecified atom stereocenters. The molecule has 0 aromatic carbocycles. The Labute approximate surface area is 95.6 Å². The van der Waals surface area contributed by atoms with Crippen LogP contribution < -0.4 is 5.32 Å². The fourth-order valence-electron chi connectivity index (χ4n) is 1.31. The van der Waals surface area contributed by atoms with E-state index in [1.54, 1.807) is 14.0 Å². The number of nitrogens with one attached hydrogen (secondary N) is 1. The van der Waals surface area contributed by atoms with E-state index in [0.717, 1.165) is 0 Å². The van der Waals surface area contributed by atoms with Crippen molar-refractivity contribution in [3.05, 3.63) is 16.1 Å². The third kappa shape index (κ3) is 2.93. The van der Waals surface area contributed by atoms with Crippen molar-refractivity contribution in [2.75, 3.05) is 14.2 Å². The number of hydrogen-bond donors (Lipinski definition) is 1. The van der Waals surface area contributed by atoms with Gasteiger partial charge in [0.25, 0.3) is 0 Å².